The summed E-state index contributed by atoms with van der Waals surface area (Å²) in [6, 6.07) is 18.8. The number of para-hydroxylation sites is 2. The highest BCUT2D eigenvalue weighted by atomic mass is 19.4. The van der Waals surface area contributed by atoms with Crippen LogP contribution < -0.4 is 16.0 Å². The molecule has 11 nitrogen and oxygen atoms in total. The Balaban J connectivity index is 1.19. The number of nitrogens with zero attached hydrogens (tertiary/aromatic N) is 7. The van der Waals surface area contributed by atoms with Crippen molar-refractivity contribution in [2.24, 2.45) is 0 Å². The Labute approximate surface area is 321 Å². The van der Waals surface area contributed by atoms with Crippen molar-refractivity contribution in [2.75, 3.05) is 74.9 Å². The lowest BCUT2D eigenvalue weighted by Crippen LogP contribution is -2.45. The van der Waals surface area contributed by atoms with Gasteiger partial charge in [-0.2, -0.15) is 13.2 Å². The summed E-state index contributed by atoms with van der Waals surface area (Å²) >= 11 is 0. The first kappa shape index (κ1) is 39.6. The highest BCUT2D eigenvalue weighted by Gasteiger charge is 2.35. The van der Waals surface area contributed by atoms with E-state index >= 15 is 0 Å². The third-order valence-corrected chi connectivity index (χ3v) is 10.3. The average molecular weight is 757 g/mol. The number of amides is 1. The number of likely N-dealkylation sites (N-methyl/N-ethyl adjacent to an activating group) is 1. The minimum absolute atomic E-state index is 0.0687. The molecular weight excluding hydrogens is 706 g/mol. The smallest absolute Gasteiger partial charge is 0.370 e. The van der Waals surface area contributed by atoms with E-state index in [1.54, 1.807) is 12.1 Å². The fourth-order valence-electron chi connectivity index (χ4n) is 6.91. The van der Waals surface area contributed by atoms with Crippen molar-refractivity contribution in [3.05, 3.63) is 95.3 Å². The molecule has 55 heavy (non-hydrogen) atoms. The molecule has 0 spiro atoms. The van der Waals surface area contributed by atoms with Crippen LogP contribution in [0.25, 0.3) is 16.9 Å². The molecule has 0 atom stereocenters. The Morgan fingerprint density at radius 3 is 2.40 bits per heavy atom. The number of hydrogen-bond acceptors (Lipinski definition) is 9. The molecule has 1 saturated heterocycles. The van der Waals surface area contributed by atoms with Crippen LogP contribution in [0.1, 0.15) is 60.7 Å². The summed E-state index contributed by atoms with van der Waals surface area (Å²) in [6.45, 7) is 16.4. The van der Waals surface area contributed by atoms with Gasteiger partial charge in [0, 0.05) is 62.3 Å². The highest BCUT2D eigenvalue weighted by Crippen LogP contribution is 2.34. The number of aryl methyl sites for hydroxylation is 1. The van der Waals surface area contributed by atoms with Gasteiger partial charge in [0.05, 0.1) is 16.6 Å². The molecule has 6 rings (SSSR count). The van der Waals surface area contributed by atoms with E-state index in [1.165, 1.54) is 18.5 Å². The molecule has 3 aromatic carbocycles. The van der Waals surface area contributed by atoms with Gasteiger partial charge < -0.3 is 25.8 Å². The number of fused-ring (bicyclic) bond motifs is 1. The molecule has 1 aliphatic heterocycles. The number of rotatable bonds is 16. The van der Waals surface area contributed by atoms with Crippen LogP contribution in [0.2, 0.25) is 0 Å². The molecule has 1 fully saturated rings. The Kier molecular flexibility index (Phi) is 13.0. The van der Waals surface area contributed by atoms with Crippen molar-refractivity contribution < 1.29 is 18.0 Å². The van der Waals surface area contributed by atoms with Crippen LogP contribution in [0, 0.1) is 6.92 Å². The van der Waals surface area contributed by atoms with E-state index < -0.39 is 17.6 Å². The van der Waals surface area contributed by atoms with Crippen LogP contribution in [-0.4, -0.2) is 99.0 Å². The number of piperazine rings is 1. The zero-order valence-corrected chi connectivity index (χ0v) is 32.1. The van der Waals surface area contributed by atoms with Gasteiger partial charge in [-0.25, -0.2) is 15.0 Å². The average Bonchev–Trinajstić information content (AvgIpc) is 3.55. The van der Waals surface area contributed by atoms with Crippen molar-refractivity contribution >= 4 is 40.1 Å². The van der Waals surface area contributed by atoms with E-state index in [0.29, 0.717) is 42.0 Å². The van der Waals surface area contributed by atoms with E-state index in [1.807, 2.05) is 52.8 Å². The monoisotopic (exact) mass is 756 g/mol. The third-order valence-electron chi connectivity index (χ3n) is 10.3. The number of unbranched alkanes of at least 4 members (excludes halogenated alkanes) is 1. The Morgan fingerprint density at radius 1 is 0.891 bits per heavy atom. The number of halogens is 3. The largest absolute Gasteiger partial charge is 0.416 e. The number of imidazole rings is 1. The molecule has 1 aliphatic rings. The lowest BCUT2D eigenvalue weighted by molar-refractivity contribution is -0.138. The third kappa shape index (κ3) is 9.99. The van der Waals surface area contributed by atoms with Crippen LogP contribution in [0.4, 0.5) is 36.3 Å². The second-order valence-electron chi connectivity index (χ2n) is 13.9. The number of carbonyl (C=O) groups excluding carboxylic acids is 1. The molecular formula is C41H51F3N10O. The summed E-state index contributed by atoms with van der Waals surface area (Å²) in [7, 11) is 0. The fraction of sp³-hybridized carbons (Fsp3) is 0.415. The molecule has 0 saturated carbocycles. The van der Waals surface area contributed by atoms with Gasteiger partial charge in [0.1, 0.15) is 18.0 Å². The predicted octanol–water partition coefficient (Wildman–Crippen LogP) is 7.81. The second-order valence-corrected chi connectivity index (χ2v) is 13.9. The predicted molar refractivity (Wildman–Crippen MR) is 213 cm³/mol. The van der Waals surface area contributed by atoms with Gasteiger partial charge in [-0.05, 0) is 93.5 Å². The maximum atomic E-state index is 14.3. The molecule has 292 valence electrons. The molecule has 14 heteroatoms. The van der Waals surface area contributed by atoms with Crippen LogP contribution in [-0.2, 0) is 12.7 Å². The number of alkyl halides is 3. The summed E-state index contributed by atoms with van der Waals surface area (Å²) in [5, 5.41) is 9.65. The first-order valence-electron chi connectivity index (χ1n) is 19.2. The number of anilines is 4. The topological polar surface area (TPSA) is 106 Å². The zero-order valence-electron chi connectivity index (χ0n) is 32.1. The molecule has 0 aliphatic carbocycles. The number of nitrogens with one attached hydrogen (secondary N) is 3. The normalized spacial score (nSPS) is 14.1. The summed E-state index contributed by atoms with van der Waals surface area (Å²) in [5.41, 5.74) is 2.84. The zero-order chi connectivity index (χ0) is 39.0. The maximum absolute atomic E-state index is 14.3. The van der Waals surface area contributed by atoms with Gasteiger partial charge in [0.25, 0.3) is 5.91 Å². The van der Waals surface area contributed by atoms with Crippen LogP contribution in [0.3, 0.4) is 0 Å². The van der Waals surface area contributed by atoms with Crippen molar-refractivity contribution in [1.82, 2.24) is 34.2 Å². The summed E-state index contributed by atoms with van der Waals surface area (Å²) in [4.78, 5) is 34.1. The van der Waals surface area contributed by atoms with E-state index in [-0.39, 0.29) is 17.7 Å². The first-order chi connectivity index (χ1) is 26.6. The minimum Gasteiger partial charge on any atom is -0.370 e. The quantitative estimate of drug-likeness (QED) is 0.0870. The summed E-state index contributed by atoms with van der Waals surface area (Å²) < 4.78 is 44.8. The van der Waals surface area contributed by atoms with Gasteiger partial charge in [0.15, 0.2) is 0 Å². The summed E-state index contributed by atoms with van der Waals surface area (Å²) in [6.07, 6.45) is -0.981. The van der Waals surface area contributed by atoms with E-state index in [4.69, 9.17) is 4.98 Å². The van der Waals surface area contributed by atoms with E-state index in [9.17, 15) is 18.0 Å². The molecule has 3 N–H and O–H groups in total. The lowest BCUT2D eigenvalue weighted by Gasteiger charge is -2.34. The van der Waals surface area contributed by atoms with Crippen LogP contribution in [0.15, 0.2) is 73.1 Å². The molecule has 5 aromatic rings. The highest BCUT2D eigenvalue weighted by molar-refractivity contribution is 6.04. The van der Waals surface area contributed by atoms with Gasteiger partial charge in [-0.1, -0.05) is 45.0 Å². The Morgan fingerprint density at radius 2 is 1.65 bits per heavy atom. The maximum Gasteiger partial charge on any atom is 0.416 e. The van der Waals surface area contributed by atoms with Gasteiger partial charge in [-0.15, -0.1) is 0 Å². The van der Waals surface area contributed by atoms with Crippen molar-refractivity contribution in [3.63, 3.8) is 0 Å². The van der Waals surface area contributed by atoms with Gasteiger partial charge in [-0.3, -0.25) is 14.3 Å². The number of aromatic nitrogens is 4. The van der Waals surface area contributed by atoms with Gasteiger partial charge in [0.2, 0.25) is 5.95 Å². The van der Waals surface area contributed by atoms with Crippen LogP contribution >= 0.6 is 0 Å². The SMILES string of the molecule is CCN(CC)CCCCNc1cc(-n2c(Nc3cc(NC(=O)c4ccc(CN5CCN(CC)CC5)c(C(F)(F)F)c4)ccc3C)nc3ccccc32)ncn1. The van der Waals surface area contributed by atoms with E-state index in [0.717, 1.165) is 81.3 Å². The van der Waals surface area contributed by atoms with E-state index in [2.05, 4.69) is 56.5 Å². The Bertz CT molecular complexity index is 2050. The second kappa shape index (κ2) is 18.1. The molecule has 3 heterocycles. The first-order valence-corrected chi connectivity index (χ1v) is 19.2. The molecule has 0 radical (unpaired) electrons. The molecule has 2 aromatic heterocycles. The molecule has 0 bridgehead atoms. The van der Waals surface area contributed by atoms with Crippen molar-refractivity contribution in [2.45, 2.75) is 53.3 Å². The number of carbonyl (C=O) groups is 1. The molecule has 0 unspecified atom stereocenters. The standard InChI is InChI=1S/C41H51F3N10O/c1-5-51(6-2)19-11-10-18-45-37-26-38(47-28-46-37)54-36-13-9-8-12-34(36)49-40(54)50-35-25-32(17-14-29(35)4)48-39(55)30-15-16-31(33(24-30)41(42,43)44)27-53-22-20-52(7-3)21-23-53/h8-9,12-17,24-26,28H,5-7,10-11,18-23,27H2,1-4H3,(H,48,55)(H,49,50)(H,45,46,47). The fourth-order valence-corrected chi connectivity index (χ4v) is 6.91. The Hall–Kier alpha value is -5.05. The van der Waals surface area contributed by atoms with Gasteiger partial charge >= 0.3 is 6.18 Å². The molecule has 1 amide bonds. The lowest BCUT2D eigenvalue weighted by atomic mass is 10.0. The summed E-state index contributed by atoms with van der Waals surface area (Å²) in [5.74, 6) is 1.18. The van der Waals surface area contributed by atoms with Crippen molar-refractivity contribution in [3.8, 4) is 5.82 Å². The minimum atomic E-state index is -4.60. The van der Waals surface area contributed by atoms with Crippen molar-refractivity contribution in [1.29, 1.82) is 0 Å². The number of benzene rings is 3. The van der Waals surface area contributed by atoms with Crippen LogP contribution in [0.5, 0.6) is 0 Å². The number of hydrogen-bond donors (Lipinski definition) is 3.